The Hall–Kier alpha value is -0.890. The highest BCUT2D eigenvalue weighted by atomic mass is 79.9. The van der Waals surface area contributed by atoms with Crippen molar-refractivity contribution in [3.05, 3.63) is 45.7 Å². The molecular formula is C13H14BrNO3S2. The van der Waals surface area contributed by atoms with Crippen LogP contribution in [0.2, 0.25) is 0 Å². The summed E-state index contributed by atoms with van der Waals surface area (Å²) >= 11 is 4.60. The lowest BCUT2D eigenvalue weighted by Crippen LogP contribution is -2.27. The van der Waals surface area contributed by atoms with Crippen LogP contribution in [-0.4, -0.2) is 21.6 Å². The summed E-state index contributed by atoms with van der Waals surface area (Å²) in [7, 11) is -3.42. The molecule has 0 atom stereocenters. The summed E-state index contributed by atoms with van der Waals surface area (Å²) in [6.45, 7) is 2.38. The quantitative estimate of drug-likeness (QED) is 0.788. The molecule has 0 aliphatic heterocycles. The minimum Gasteiger partial charge on any atom is -0.492 e. The summed E-state index contributed by atoms with van der Waals surface area (Å²) in [5, 5.41) is 0. The summed E-state index contributed by atoms with van der Waals surface area (Å²) in [5.74, 6) is 0.700. The van der Waals surface area contributed by atoms with Crippen molar-refractivity contribution in [2.24, 2.45) is 0 Å². The first kappa shape index (κ1) is 15.5. The predicted molar refractivity (Wildman–Crippen MR) is 83.9 cm³/mol. The highest BCUT2D eigenvalue weighted by molar-refractivity contribution is 9.10. The van der Waals surface area contributed by atoms with Crippen molar-refractivity contribution in [1.82, 2.24) is 4.72 Å². The molecule has 7 heteroatoms. The van der Waals surface area contributed by atoms with Gasteiger partial charge in [0.05, 0.1) is 0 Å². The summed E-state index contributed by atoms with van der Waals surface area (Å²) in [6, 6.07) is 10.8. The second kappa shape index (κ2) is 6.71. The van der Waals surface area contributed by atoms with Gasteiger partial charge in [-0.3, -0.25) is 0 Å². The molecule has 1 heterocycles. The van der Waals surface area contributed by atoms with Crippen LogP contribution < -0.4 is 9.46 Å². The van der Waals surface area contributed by atoms with Crippen LogP contribution in [-0.2, 0) is 10.0 Å². The number of benzene rings is 1. The maximum absolute atomic E-state index is 11.9. The van der Waals surface area contributed by atoms with E-state index in [0.29, 0.717) is 9.96 Å². The normalized spacial score (nSPS) is 11.5. The van der Waals surface area contributed by atoms with Gasteiger partial charge < -0.3 is 4.74 Å². The van der Waals surface area contributed by atoms with E-state index in [1.54, 1.807) is 12.1 Å². The molecular weight excluding hydrogens is 362 g/mol. The lowest BCUT2D eigenvalue weighted by molar-refractivity contribution is 0.322. The number of nitrogens with one attached hydrogen (secondary N) is 1. The summed E-state index contributed by atoms with van der Waals surface area (Å²) in [6.07, 6.45) is 0. The van der Waals surface area contributed by atoms with E-state index in [9.17, 15) is 8.42 Å². The van der Waals surface area contributed by atoms with Gasteiger partial charge >= 0.3 is 0 Å². The minimum atomic E-state index is -3.42. The fourth-order valence-corrected chi connectivity index (χ4v) is 4.25. The minimum absolute atomic E-state index is 0.228. The SMILES string of the molecule is Cc1ccc(S(=O)(=O)NCCOc2cccc(Br)c2)s1. The molecule has 0 saturated carbocycles. The first-order valence-corrected chi connectivity index (χ1v) is 9.01. The third-order valence-corrected chi connectivity index (χ3v) is 5.89. The van der Waals surface area contributed by atoms with Crippen molar-refractivity contribution in [3.8, 4) is 5.75 Å². The molecule has 2 rings (SSSR count). The van der Waals surface area contributed by atoms with Crippen LogP contribution in [0.1, 0.15) is 4.88 Å². The van der Waals surface area contributed by atoms with Crippen LogP contribution in [0.3, 0.4) is 0 Å². The maximum atomic E-state index is 11.9. The Balaban J connectivity index is 1.84. The van der Waals surface area contributed by atoms with Crippen LogP contribution in [0, 0.1) is 6.92 Å². The Bertz CT molecular complexity index is 682. The Morgan fingerprint density at radius 3 is 2.75 bits per heavy atom. The molecule has 0 unspecified atom stereocenters. The zero-order valence-electron chi connectivity index (χ0n) is 10.8. The average Bonchev–Trinajstić information content (AvgIpc) is 2.82. The van der Waals surface area contributed by atoms with Gasteiger partial charge in [0.1, 0.15) is 16.6 Å². The Morgan fingerprint density at radius 1 is 1.30 bits per heavy atom. The standard InChI is InChI=1S/C13H14BrNO3S2/c1-10-5-6-13(19-10)20(16,17)15-7-8-18-12-4-2-3-11(14)9-12/h2-6,9,15H,7-8H2,1H3. The van der Waals surface area contributed by atoms with Gasteiger partial charge in [-0.15, -0.1) is 11.3 Å². The van der Waals surface area contributed by atoms with Crippen LogP contribution in [0.5, 0.6) is 5.75 Å². The van der Waals surface area contributed by atoms with Gasteiger partial charge in [-0.25, -0.2) is 13.1 Å². The zero-order valence-corrected chi connectivity index (χ0v) is 14.0. The van der Waals surface area contributed by atoms with Crippen LogP contribution in [0.4, 0.5) is 0 Å². The van der Waals surface area contributed by atoms with Gasteiger partial charge in [0.15, 0.2) is 0 Å². The number of ether oxygens (including phenoxy) is 1. The smallest absolute Gasteiger partial charge is 0.250 e. The highest BCUT2D eigenvalue weighted by Gasteiger charge is 2.15. The van der Waals surface area contributed by atoms with Gasteiger partial charge in [-0.05, 0) is 37.3 Å². The van der Waals surface area contributed by atoms with Crippen LogP contribution in [0.25, 0.3) is 0 Å². The van der Waals surface area contributed by atoms with Crippen molar-refractivity contribution in [1.29, 1.82) is 0 Å². The number of aryl methyl sites for hydroxylation is 1. The molecule has 0 bridgehead atoms. The summed E-state index contributed by atoms with van der Waals surface area (Å²) in [5.41, 5.74) is 0. The lowest BCUT2D eigenvalue weighted by Gasteiger charge is -2.07. The van der Waals surface area contributed by atoms with Crippen molar-refractivity contribution >= 4 is 37.3 Å². The Morgan fingerprint density at radius 2 is 2.10 bits per heavy atom. The fourth-order valence-electron chi connectivity index (χ4n) is 1.53. The third kappa shape index (κ3) is 4.31. The van der Waals surface area contributed by atoms with Gasteiger partial charge in [-0.1, -0.05) is 22.0 Å². The number of halogens is 1. The number of rotatable bonds is 6. The van der Waals surface area contributed by atoms with Crippen molar-refractivity contribution in [2.75, 3.05) is 13.2 Å². The molecule has 2 aromatic rings. The van der Waals surface area contributed by atoms with Crippen LogP contribution in [0.15, 0.2) is 45.1 Å². The molecule has 0 aliphatic carbocycles. The van der Waals surface area contributed by atoms with E-state index < -0.39 is 10.0 Å². The summed E-state index contributed by atoms with van der Waals surface area (Å²) in [4.78, 5) is 0.968. The lowest BCUT2D eigenvalue weighted by atomic mass is 10.3. The van der Waals surface area contributed by atoms with Crippen molar-refractivity contribution in [3.63, 3.8) is 0 Å². The Kier molecular flexibility index (Phi) is 5.20. The van der Waals surface area contributed by atoms with Gasteiger partial charge in [0.25, 0.3) is 0 Å². The topological polar surface area (TPSA) is 55.4 Å². The molecule has 0 amide bonds. The van der Waals surface area contributed by atoms with E-state index in [0.717, 1.165) is 9.35 Å². The molecule has 0 fully saturated rings. The first-order chi connectivity index (χ1) is 9.47. The monoisotopic (exact) mass is 375 g/mol. The summed E-state index contributed by atoms with van der Waals surface area (Å²) < 4.78 is 33.1. The largest absolute Gasteiger partial charge is 0.492 e. The molecule has 0 saturated heterocycles. The van der Waals surface area contributed by atoms with Crippen LogP contribution >= 0.6 is 27.3 Å². The molecule has 108 valence electrons. The van der Waals surface area contributed by atoms with E-state index >= 15 is 0 Å². The predicted octanol–water partition coefficient (Wildman–Crippen LogP) is 3.18. The fraction of sp³-hybridized carbons (Fsp3) is 0.231. The molecule has 1 aromatic heterocycles. The molecule has 0 radical (unpaired) electrons. The average molecular weight is 376 g/mol. The second-order valence-electron chi connectivity index (χ2n) is 4.07. The second-order valence-corrected chi connectivity index (χ2v) is 8.27. The highest BCUT2D eigenvalue weighted by Crippen LogP contribution is 2.20. The van der Waals surface area contributed by atoms with Gasteiger partial charge in [0.2, 0.25) is 10.0 Å². The number of thiophene rings is 1. The molecule has 1 N–H and O–H groups in total. The van der Waals surface area contributed by atoms with Crippen molar-refractivity contribution in [2.45, 2.75) is 11.1 Å². The number of hydrogen-bond donors (Lipinski definition) is 1. The molecule has 4 nitrogen and oxygen atoms in total. The molecule has 1 aromatic carbocycles. The first-order valence-electron chi connectivity index (χ1n) is 5.92. The third-order valence-electron chi connectivity index (χ3n) is 2.44. The maximum Gasteiger partial charge on any atom is 0.250 e. The van der Waals surface area contributed by atoms with Crippen molar-refractivity contribution < 1.29 is 13.2 Å². The Labute approximate surface area is 131 Å². The van der Waals surface area contributed by atoms with E-state index in [4.69, 9.17) is 4.74 Å². The van der Waals surface area contributed by atoms with Gasteiger partial charge in [0, 0.05) is 15.9 Å². The molecule has 0 spiro atoms. The van der Waals surface area contributed by atoms with E-state index in [1.807, 2.05) is 31.2 Å². The number of hydrogen-bond acceptors (Lipinski definition) is 4. The van der Waals surface area contributed by atoms with Gasteiger partial charge in [-0.2, -0.15) is 0 Å². The molecule has 20 heavy (non-hydrogen) atoms. The zero-order chi connectivity index (χ0) is 14.6. The van der Waals surface area contributed by atoms with E-state index in [-0.39, 0.29) is 13.2 Å². The number of sulfonamides is 1. The molecule has 0 aliphatic rings. The van der Waals surface area contributed by atoms with E-state index in [2.05, 4.69) is 20.7 Å². The van der Waals surface area contributed by atoms with E-state index in [1.165, 1.54) is 11.3 Å².